The summed E-state index contributed by atoms with van der Waals surface area (Å²) in [5.41, 5.74) is 4.09. The molecule has 162 valence electrons. The van der Waals surface area contributed by atoms with E-state index in [-0.39, 0.29) is 0 Å². The van der Waals surface area contributed by atoms with Crippen LogP contribution < -0.4 is 14.5 Å². The summed E-state index contributed by atoms with van der Waals surface area (Å²) in [6.45, 7) is 6.71. The summed E-state index contributed by atoms with van der Waals surface area (Å²) < 4.78 is 5.69. The molecule has 2 heterocycles. The molecular formula is C26H37N3O. The van der Waals surface area contributed by atoms with Crippen molar-refractivity contribution in [3.05, 3.63) is 54.1 Å². The first-order valence-corrected chi connectivity index (χ1v) is 11.6. The molecule has 2 aliphatic heterocycles. The summed E-state index contributed by atoms with van der Waals surface area (Å²) in [6, 6.07) is 17.7. The minimum absolute atomic E-state index is 0.875. The van der Waals surface area contributed by atoms with Crippen LogP contribution in [0.3, 0.4) is 0 Å². The summed E-state index contributed by atoms with van der Waals surface area (Å²) in [5.74, 6) is 1.87. The van der Waals surface area contributed by atoms with Crippen molar-refractivity contribution in [2.45, 2.75) is 32.1 Å². The third-order valence-electron chi connectivity index (χ3n) is 6.91. The Kier molecular flexibility index (Phi) is 7.16. The van der Waals surface area contributed by atoms with Gasteiger partial charge in [0.25, 0.3) is 0 Å². The summed E-state index contributed by atoms with van der Waals surface area (Å²) in [6.07, 6.45) is 6.51. The van der Waals surface area contributed by atoms with E-state index in [2.05, 4.69) is 70.3 Å². The lowest BCUT2D eigenvalue weighted by Crippen LogP contribution is -2.44. The number of anilines is 2. The molecule has 0 atom stereocenters. The molecule has 0 amide bonds. The normalized spacial score (nSPS) is 18.6. The van der Waals surface area contributed by atoms with E-state index >= 15 is 0 Å². The van der Waals surface area contributed by atoms with Gasteiger partial charge >= 0.3 is 0 Å². The van der Waals surface area contributed by atoms with Crippen molar-refractivity contribution in [2.75, 3.05) is 63.2 Å². The zero-order valence-corrected chi connectivity index (χ0v) is 18.7. The smallest absolute Gasteiger partial charge is 0.142 e. The summed E-state index contributed by atoms with van der Waals surface area (Å²) >= 11 is 0. The van der Waals surface area contributed by atoms with Gasteiger partial charge in [-0.2, -0.15) is 0 Å². The number of likely N-dealkylation sites (N-methyl/N-ethyl adjacent to an activating group) is 1. The zero-order chi connectivity index (χ0) is 20.8. The molecule has 0 saturated carbocycles. The first-order chi connectivity index (χ1) is 14.7. The second kappa shape index (κ2) is 10.2. The Morgan fingerprint density at radius 1 is 0.867 bits per heavy atom. The van der Waals surface area contributed by atoms with Crippen LogP contribution in [-0.2, 0) is 6.42 Å². The highest BCUT2D eigenvalue weighted by atomic mass is 16.5. The third kappa shape index (κ3) is 5.28. The second-order valence-electron chi connectivity index (χ2n) is 8.95. The topological polar surface area (TPSA) is 19.0 Å². The Morgan fingerprint density at radius 3 is 2.30 bits per heavy atom. The quantitative estimate of drug-likeness (QED) is 0.663. The molecule has 0 radical (unpaired) electrons. The summed E-state index contributed by atoms with van der Waals surface area (Å²) in [4.78, 5) is 7.46. The molecule has 4 nitrogen and oxygen atoms in total. The first kappa shape index (κ1) is 21.0. The fraction of sp³-hybridized carbons (Fsp3) is 0.538. The van der Waals surface area contributed by atoms with Crippen molar-refractivity contribution in [3.8, 4) is 5.75 Å². The Hall–Kier alpha value is -2.20. The van der Waals surface area contributed by atoms with Crippen LogP contribution in [0.1, 0.15) is 31.2 Å². The summed E-state index contributed by atoms with van der Waals surface area (Å²) in [5, 5.41) is 0. The Balaban J connectivity index is 1.31. The van der Waals surface area contributed by atoms with Gasteiger partial charge in [0.2, 0.25) is 0 Å². The van der Waals surface area contributed by atoms with E-state index in [4.69, 9.17) is 4.74 Å². The molecule has 0 bridgehead atoms. The van der Waals surface area contributed by atoms with Gasteiger partial charge in [0.05, 0.1) is 12.8 Å². The van der Waals surface area contributed by atoms with Crippen molar-refractivity contribution in [1.82, 2.24) is 4.90 Å². The van der Waals surface area contributed by atoms with Gasteiger partial charge in [0.1, 0.15) is 5.75 Å². The van der Waals surface area contributed by atoms with E-state index in [1.165, 1.54) is 62.1 Å². The number of nitrogens with zero attached hydrogens (tertiary/aromatic N) is 3. The van der Waals surface area contributed by atoms with Crippen LogP contribution >= 0.6 is 0 Å². The standard InChI is InChI=1S/C26H37N3O/c1-27-17-19-29(20-18-27)25-21-24(11-12-26(25)30-2)28-15-13-23(14-16-28)10-6-9-22-7-4-3-5-8-22/h3-5,7-8,11-12,21,23H,6,9-10,13-20H2,1-2H3. The maximum atomic E-state index is 5.69. The number of ether oxygens (including phenoxy) is 1. The monoisotopic (exact) mass is 407 g/mol. The van der Waals surface area contributed by atoms with Crippen molar-refractivity contribution < 1.29 is 4.74 Å². The van der Waals surface area contributed by atoms with Gasteiger partial charge in [-0.3, -0.25) is 0 Å². The van der Waals surface area contributed by atoms with E-state index in [0.717, 1.165) is 37.8 Å². The Morgan fingerprint density at radius 2 is 1.60 bits per heavy atom. The Bertz CT molecular complexity index is 778. The van der Waals surface area contributed by atoms with E-state index in [9.17, 15) is 0 Å². The number of piperidine rings is 1. The molecule has 0 N–H and O–H groups in total. The lowest BCUT2D eigenvalue weighted by atomic mass is 9.90. The maximum Gasteiger partial charge on any atom is 0.142 e. The molecule has 30 heavy (non-hydrogen) atoms. The van der Waals surface area contributed by atoms with Crippen LogP contribution in [-0.4, -0.2) is 58.3 Å². The van der Waals surface area contributed by atoms with Crippen LogP contribution in [0.25, 0.3) is 0 Å². The van der Waals surface area contributed by atoms with E-state index in [1.54, 1.807) is 7.11 Å². The van der Waals surface area contributed by atoms with Crippen molar-refractivity contribution >= 4 is 11.4 Å². The minimum Gasteiger partial charge on any atom is -0.495 e. The molecule has 2 fully saturated rings. The van der Waals surface area contributed by atoms with Crippen LogP contribution in [0.5, 0.6) is 5.75 Å². The number of piperazine rings is 1. The van der Waals surface area contributed by atoms with Gasteiger partial charge in [-0.15, -0.1) is 0 Å². The number of hydrogen-bond donors (Lipinski definition) is 0. The maximum absolute atomic E-state index is 5.69. The predicted molar refractivity (Wildman–Crippen MR) is 127 cm³/mol. The number of hydrogen-bond acceptors (Lipinski definition) is 4. The first-order valence-electron chi connectivity index (χ1n) is 11.6. The van der Waals surface area contributed by atoms with Crippen LogP contribution in [0.4, 0.5) is 11.4 Å². The molecule has 2 aromatic carbocycles. The van der Waals surface area contributed by atoms with Gasteiger partial charge in [-0.25, -0.2) is 0 Å². The molecule has 2 saturated heterocycles. The van der Waals surface area contributed by atoms with Crippen molar-refractivity contribution in [2.24, 2.45) is 5.92 Å². The molecule has 0 spiro atoms. The van der Waals surface area contributed by atoms with E-state index < -0.39 is 0 Å². The van der Waals surface area contributed by atoms with Gasteiger partial charge in [-0.05, 0) is 68.8 Å². The molecule has 0 aromatic heterocycles. The Labute approximate surface area is 182 Å². The average Bonchev–Trinajstić information content (AvgIpc) is 2.80. The molecule has 0 aliphatic carbocycles. The number of benzene rings is 2. The highest BCUT2D eigenvalue weighted by Gasteiger charge is 2.22. The lowest BCUT2D eigenvalue weighted by molar-refractivity contribution is 0.311. The highest BCUT2D eigenvalue weighted by molar-refractivity contribution is 5.67. The zero-order valence-electron chi connectivity index (χ0n) is 18.7. The molecule has 4 heteroatoms. The van der Waals surface area contributed by atoms with Crippen LogP contribution in [0.2, 0.25) is 0 Å². The average molecular weight is 408 g/mol. The minimum atomic E-state index is 0.875. The number of aryl methyl sites for hydroxylation is 1. The molecule has 0 unspecified atom stereocenters. The van der Waals surface area contributed by atoms with Gasteiger partial charge in [0, 0.05) is 45.0 Å². The fourth-order valence-electron chi connectivity index (χ4n) is 4.89. The van der Waals surface area contributed by atoms with Crippen LogP contribution in [0, 0.1) is 5.92 Å². The number of methoxy groups -OCH3 is 1. The molecule has 4 rings (SSSR count). The van der Waals surface area contributed by atoms with E-state index in [0.29, 0.717) is 0 Å². The second-order valence-corrected chi connectivity index (χ2v) is 8.95. The molecular weight excluding hydrogens is 370 g/mol. The third-order valence-corrected chi connectivity index (χ3v) is 6.91. The SMILES string of the molecule is COc1ccc(N2CCC(CCCc3ccccc3)CC2)cc1N1CCN(C)CC1. The van der Waals surface area contributed by atoms with Crippen molar-refractivity contribution in [1.29, 1.82) is 0 Å². The van der Waals surface area contributed by atoms with Crippen molar-refractivity contribution in [3.63, 3.8) is 0 Å². The van der Waals surface area contributed by atoms with E-state index in [1.807, 2.05) is 0 Å². The number of rotatable bonds is 7. The lowest BCUT2D eigenvalue weighted by Gasteiger charge is -2.37. The largest absolute Gasteiger partial charge is 0.495 e. The van der Waals surface area contributed by atoms with Gasteiger partial charge in [0.15, 0.2) is 0 Å². The highest BCUT2D eigenvalue weighted by Crippen LogP contribution is 2.35. The molecule has 2 aliphatic rings. The summed E-state index contributed by atoms with van der Waals surface area (Å²) in [7, 11) is 3.99. The van der Waals surface area contributed by atoms with Crippen LogP contribution in [0.15, 0.2) is 48.5 Å². The van der Waals surface area contributed by atoms with Gasteiger partial charge in [-0.1, -0.05) is 30.3 Å². The predicted octanol–water partition coefficient (Wildman–Crippen LogP) is 4.69. The van der Waals surface area contributed by atoms with Gasteiger partial charge < -0.3 is 19.4 Å². The molecule has 2 aromatic rings. The fourth-order valence-corrected chi connectivity index (χ4v) is 4.89.